The molecule has 0 aromatic carbocycles. The van der Waals surface area contributed by atoms with Crippen LogP contribution in [0.3, 0.4) is 0 Å². The highest BCUT2D eigenvalue weighted by Crippen LogP contribution is 2.37. The normalized spacial score (nSPS) is 20.8. The zero-order valence-corrected chi connectivity index (χ0v) is 17.2. The van der Waals surface area contributed by atoms with Crippen LogP contribution >= 0.6 is 12.4 Å². The summed E-state index contributed by atoms with van der Waals surface area (Å²) in [5.74, 6) is -1.89. The van der Waals surface area contributed by atoms with Crippen LogP contribution in [0.1, 0.15) is 42.6 Å². The van der Waals surface area contributed by atoms with E-state index in [0.29, 0.717) is 25.2 Å². The highest BCUT2D eigenvalue weighted by molar-refractivity contribution is 5.92. The Morgan fingerprint density at radius 2 is 2.10 bits per heavy atom. The van der Waals surface area contributed by atoms with E-state index >= 15 is 0 Å². The standard InChI is InChI=1S/C19H24FN5O4.ClH/c1-9(21)18(27)22-10-4-5-24(7-10)17-14(20)6-12-15(26)13(19(28)29)8-25(11-2-3-11)16(12)23-17;/h6,8-11,18,22,27H,2-5,7,21H2,1H3,(H,28,29);1H. The van der Waals surface area contributed by atoms with Gasteiger partial charge in [-0.05, 0) is 32.3 Å². The summed E-state index contributed by atoms with van der Waals surface area (Å²) in [6.45, 7) is 2.65. The van der Waals surface area contributed by atoms with Crippen LogP contribution in [-0.2, 0) is 0 Å². The molecule has 5 N–H and O–H groups in total. The van der Waals surface area contributed by atoms with Crippen LogP contribution in [0.5, 0.6) is 0 Å². The molecule has 9 nitrogen and oxygen atoms in total. The Labute approximate surface area is 178 Å². The van der Waals surface area contributed by atoms with Gasteiger partial charge in [-0.1, -0.05) is 0 Å². The molecule has 2 aromatic heterocycles. The molecule has 30 heavy (non-hydrogen) atoms. The predicted octanol–water partition coefficient (Wildman–Crippen LogP) is 0.824. The number of nitrogens with one attached hydrogen (secondary N) is 1. The summed E-state index contributed by atoms with van der Waals surface area (Å²) >= 11 is 0. The second-order valence-corrected chi connectivity index (χ2v) is 7.88. The number of aromatic nitrogens is 2. The Bertz CT molecular complexity index is 1030. The molecule has 3 heterocycles. The van der Waals surface area contributed by atoms with Crippen LogP contribution in [0.25, 0.3) is 11.0 Å². The number of fused-ring (bicyclic) bond motifs is 1. The number of nitrogens with two attached hydrogens (primary N) is 1. The van der Waals surface area contributed by atoms with Crippen LogP contribution in [0, 0.1) is 5.82 Å². The van der Waals surface area contributed by atoms with Gasteiger partial charge in [0.05, 0.1) is 5.39 Å². The van der Waals surface area contributed by atoms with Crippen molar-refractivity contribution in [3.05, 3.63) is 33.9 Å². The van der Waals surface area contributed by atoms with E-state index in [1.54, 1.807) is 16.4 Å². The third kappa shape index (κ3) is 4.13. The fourth-order valence-electron chi connectivity index (χ4n) is 3.72. The maximum Gasteiger partial charge on any atom is 0.341 e. The first-order valence-electron chi connectivity index (χ1n) is 9.69. The van der Waals surface area contributed by atoms with Crippen molar-refractivity contribution in [1.82, 2.24) is 14.9 Å². The van der Waals surface area contributed by atoms with Crippen molar-refractivity contribution in [2.24, 2.45) is 5.73 Å². The fourth-order valence-corrected chi connectivity index (χ4v) is 3.72. The molecule has 1 saturated carbocycles. The molecular formula is C19H25ClFN5O4. The number of nitrogens with zero attached hydrogens (tertiary/aromatic N) is 3. The third-order valence-electron chi connectivity index (χ3n) is 5.50. The van der Waals surface area contributed by atoms with Gasteiger partial charge in [0.1, 0.15) is 17.4 Å². The van der Waals surface area contributed by atoms with Crippen molar-refractivity contribution in [3.63, 3.8) is 0 Å². The predicted molar refractivity (Wildman–Crippen MR) is 112 cm³/mol. The van der Waals surface area contributed by atoms with Gasteiger partial charge in [-0.3, -0.25) is 10.1 Å². The van der Waals surface area contributed by atoms with Gasteiger partial charge < -0.3 is 25.4 Å². The van der Waals surface area contributed by atoms with Crippen molar-refractivity contribution < 1.29 is 19.4 Å². The average Bonchev–Trinajstić information content (AvgIpc) is 3.40. The Kier molecular flexibility index (Phi) is 6.32. The smallest absolute Gasteiger partial charge is 0.341 e. The van der Waals surface area contributed by atoms with Gasteiger partial charge in [0, 0.05) is 37.4 Å². The molecule has 3 atom stereocenters. The van der Waals surface area contributed by atoms with E-state index in [1.165, 1.54) is 6.20 Å². The molecule has 11 heteroatoms. The molecule has 0 radical (unpaired) electrons. The first kappa shape index (κ1) is 22.4. The van der Waals surface area contributed by atoms with Crippen LogP contribution in [0.2, 0.25) is 0 Å². The van der Waals surface area contributed by atoms with Gasteiger partial charge in [-0.15, -0.1) is 12.4 Å². The number of anilines is 1. The number of carbonyl (C=O) groups is 1. The number of aromatic carboxylic acids is 1. The van der Waals surface area contributed by atoms with Crippen molar-refractivity contribution >= 4 is 35.2 Å². The van der Waals surface area contributed by atoms with Gasteiger partial charge in [0.15, 0.2) is 11.6 Å². The van der Waals surface area contributed by atoms with Gasteiger partial charge in [-0.2, -0.15) is 0 Å². The average molecular weight is 442 g/mol. The number of carboxylic acids is 1. The van der Waals surface area contributed by atoms with Crippen molar-refractivity contribution in [1.29, 1.82) is 0 Å². The van der Waals surface area contributed by atoms with Gasteiger partial charge in [-0.25, -0.2) is 14.2 Å². The first-order valence-corrected chi connectivity index (χ1v) is 9.69. The Hall–Kier alpha value is -2.27. The quantitative estimate of drug-likeness (QED) is 0.484. The van der Waals surface area contributed by atoms with Gasteiger partial charge in [0.25, 0.3) is 0 Å². The van der Waals surface area contributed by atoms with Crippen LogP contribution in [-0.4, -0.2) is 57.1 Å². The SMILES string of the molecule is CC(N)C(O)NC1CCN(c2nc3c(cc2F)c(=O)c(C(=O)O)cn3C2CC2)C1.Cl. The number of rotatable bonds is 6. The minimum atomic E-state index is -1.34. The summed E-state index contributed by atoms with van der Waals surface area (Å²) in [7, 11) is 0. The number of aliphatic hydroxyl groups is 1. The van der Waals surface area contributed by atoms with Crippen LogP contribution < -0.4 is 21.4 Å². The molecule has 3 unspecified atom stereocenters. The van der Waals surface area contributed by atoms with E-state index in [1.807, 2.05) is 0 Å². The molecule has 1 aliphatic carbocycles. The molecule has 1 saturated heterocycles. The second kappa shape index (κ2) is 8.46. The maximum absolute atomic E-state index is 14.9. The molecule has 2 aliphatic rings. The van der Waals surface area contributed by atoms with Gasteiger partial charge in [0.2, 0.25) is 5.43 Å². The number of pyridine rings is 2. The minimum Gasteiger partial charge on any atom is -0.477 e. The molecule has 164 valence electrons. The lowest BCUT2D eigenvalue weighted by Gasteiger charge is -2.23. The van der Waals surface area contributed by atoms with E-state index in [4.69, 9.17) is 5.73 Å². The number of halogens is 2. The summed E-state index contributed by atoms with van der Waals surface area (Å²) in [5, 5.41) is 22.2. The van der Waals surface area contributed by atoms with Crippen LogP contribution in [0.15, 0.2) is 17.1 Å². The monoisotopic (exact) mass is 441 g/mol. The summed E-state index contributed by atoms with van der Waals surface area (Å²) in [5.41, 5.74) is 4.86. The molecule has 0 spiro atoms. The second-order valence-electron chi connectivity index (χ2n) is 7.88. The third-order valence-corrected chi connectivity index (χ3v) is 5.50. The minimum absolute atomic E-state index is 0. The molecule has 0 amide bonds. The van der Waals surface area contributed by atoms with E-state index in [2.05, 4.69) is 10.3 Å². The first-order chi connectivity index (χ1) is 13.8. The zero-order chi connectivity index (χ0) is 20.9. The molecule has 0 bridgehead atoms. The van der Waals surface area contributed by atoms with Crippen molar-refractivity contribution in [3.8, 4) is 0 Å². The largest absolute Gasteiger partial charge is 0.477 e. The summed E-state index contributed by atoms with van der Waals surface area (Å²) in [6, 6.07) is 0.642. The topological polar surface area (TPSA) is 134 Å². The van der Waals surface area contributed by atoms with Crippen molar-refractivity contribution in [2.45, 2.75) is 50.5 Å². The van der Waals surface area contributed by atoms with Crippen LogP contribution in [0.4, 0.5) is 10.2 Å². The Morgan fingerprint density at radius 1 is 1.40 bits per heavy atom. The number of carboxylic acid groups (broad SMARTS) is 1. The van der Waals surface area contributed by atoms with E-state index in [0.717, 1.165) is 18.9 Å². The number of hydrogen-bond acceptors (Lipinski definition) is 7. The molecule has 2 aromatic rings. The summed E-state index contributed by atoms with van der Waals surface area (Å²) in [6.07, 6.45) is 2.85. The van der Waals surface area contributed by atoms with Crippen molar-refractivity contribution in [2.75, 3.05) is 18.0 Å². The lowest BCUT2D eigenvalue weighted by molar-refractivity contribution is 0.0694. The van der Waals surface area contributed by atoms with E-state index in [9.17, 15) is 24.2 Å². The summed E-state index contributed by atoms with van der Waals surface area (Å²) in [4.78, 5) is 30.1. The molecular weight excluding hydrogens is 417 g/mol. The zero-order valence-electron chi connectivity index (χ0n) is 16.4. The lowest BCUT2D eigenvalue weighted by Crippen LogP contribution is -2.48. The number of hydrogen-bond donors (Lipinski definition) is 4. The fraction of sp³-hybridized carbons (Fsp3) is 0.526. The molecule has 1 aliphatic heterocycles. The van der Waals surface area contributed by atoms with E-state index < -0.39 is 29.5 Å². The highest BCUT2D eigenvalue weighted by atomic mass is 35.5. The highest BCUT2D eigenvalue weighted by Gasteiger charge is 2.31. The molecule has 4 rings (SSSR count). The lowest BCUT2D eigenvalue weighted by atomic mass is 10.2. The summed E-state index contributed by atoms with van der Waals surface area (Å²) < 4.78 is 16.5. The van der Waals surface area contributed by atoms with E-state index in [-0.39, 0.29) is 41.3 Å². The van der Waals surface area contributed by atoms with Gasteiger partial charge >= 0.3 is 5.97 Å². The number of aliphatic hydroxyl groups excluding tert-OH is 1. The molecule has 2 fully saturated rings. The Balaban J connectivity index is 0.00000256. The maximum atomic E-state index is 14.9. The Morgan fingerprint density at radius 3 is 2.70 bits per heavy atom.